The van der Waals surface area contributed by atoms with E-state index in [1.165, 1.54) is 0 Å². The van der Waals surface area contributed by atoms with Crippen molar-refractivity contribution in [3.8, 4) is 11.5 Å². The van der Waals surface area contributed by atoms with Crippen LogP contribution in [0.2, 0.25) is 0 Å². The van der Waals surface area contributed by atoms with Crippen LogP contribution in [0.4, 0.5) is 0 Å². The molecule has 1 N–H and O–H groups in total. The van der Waals surface area contributed by atoms with Gasteiger partial charge in [-0.2, -0.15) is 0 Å². The molecule has 0 fully saturated rings. The molecule has 0 bridgehead atoms. The molecule has 0 aliphatic rings. The Hall–Kier alpha value is -2.01. The maximum atomic E-state index is 9.49. The molecule has 0 spiro atoms. The first kappa shape index (κ1) is 15.9. The Bertz CT molecular complexity index is 767. The maximum Gasteiger partial charge on any atom is 0.209 e. The summed E-state index contributed by atoms with van der Waals surface area (Å²) >= 11 is 3.66. The van der Waals surface area contributed by atoms with Gasteiger partial charge in [0.2, 0.25) is 5.89 Å². The van der Waals surface area contributed by atoms with Gasteiger partial charge in [-0.1, -0.05) is 34.1 Å². The highest BCUT2D eigenvalue weighted by Gasteiger charge is 2.15. The van der Waals surface area contributed by atoms with Crippen LogP contribution in [0.3, 0.4) is 0 Å². The van der Waals surface area contributed by atoms with Gasteiger partial charge < -0.3 is 14.3 Å². The van der Waals surface area contributed by atoms with E-state index in [0.717, 1.165) is 41.7 Å². The van der Waals surface area contributed by atoms with Crippen LogP contribution in [0.15, 0.2) is 46.9 Å². The van der Waals surface area contributed by atoms with E-state index in [1.807, 2.05) is 30.3 Å². The molecule has 23 heavy (non-hydrogen) atoms. The summed E-state index contributed by atoms with van der Waals surface area (Å²) in [6.45, 7) is 0. The fraction of sp³-hybridized carbons (Fsp3) is 0.278. The molecule has 1 aromatic heterocycles. The van der Waals surface area contributed by atoms with Crippen LogP contribution in [0.25, 0.3) is 11.1 Å². The van der Waals surface area contributed by atoms with Crippen LogP contribution in [0.5, 0.6) is 11.5 Å². The van der Waals surface area contributed by atoms with Crippen LogP contribution in [0, 0.1) is 0 Å². The molecular formula is C18H18BrNO3. The van der Waals surface area contributed by atoms with Crippen LogP contribution in [-0.4, -0.2) is 17.2 Å². The van der Waals surface area contributed by atoms with Crippen molar-refractivity contribution in [3.63, 3.8) is 0 Å². The lowest BCUT2D eigenvalue weighted by Gasteiger charge is -2.10. The molecule has 0 amide bonds. The monoisotopic (exact) mass is 375 g/mol. The zero-order valence-corrected chi connectivity index (χ0v) is 14.4. The van der Waals surface area contributed by atoms with Gasteiger partial charge >= 0.3 is 0 Å². The molecular weight excluding hydrogens is 358 g/mol. The van der Waals surface area contributed by atoms with E-state index in [9.17, 15) is 5.11 Å². The number of ether oxygens (including phenoxy) is 1. The number of hydrogen-bond donors (Lipinski definition) is 1. The van der Waals surface area contributed by atoms with Crippen molar-refractivity contribution < 1.29 is 14.3 Å². The molecule has 3 rings (SSSR count). The average Bonchev–Trinajstić information content (AvgIpc) is 3.00. The summed E-state index contributed by atoms with van der Waals surface area (Å²) in [5.41, 5.74) is 2.78. The number of fused-ring (bicyclic) bond motifs is 1. The van der Waals surface area contributed by atoms with Gasteiger partial charge in [-0.25, -0.2) is 4.98 Å². The number of phenols is 1. The molecule has 2 aromatic carbocycles. The first-order valence-corrected chi connectivity index (χ1v) is 8.44. The number of oxazole rings is 1. The van der Waals surface area contributed by atoms with E-state index in [-0.39, 0.29) is 10.6 Å². The molecule has 4 nitrogen and oxygen atoms in total. The number of aromatic nitrogens is 1. The van der Waals surface area contributed by atoms with E-state index in [1.54, 1.807) is 19.2 Å². The predicted molar refractivity (Wildman–Crippen MR) is 93.3 cm³/mol. The van der Waals surface area contributed by atoms with Gasteiger partial charge in [0.1, 0.15) is 17.0 Å². The van der Waals surface area contributed by atoms with Crippen LogP contribution >= 0.6 is 15.9 Å². The zero-order valence-electron chi connectivity index (χ0n) is 12.8. The standard InChI is InChI=1S/C18H18BrNO3/c1-22-17-11-13(21)10-9-12(17)5-4-6-14(19)18-20-15-7-2-3-8-16(15)23-18/h2-3,7-11,14,21H,4-6H2,1H3. The normalized spacial score (nSPS) is 12.4. The Balaban J connectivity index is 1.62. The van der Waals surface area contributed by atoms with Crippen molar-refractivity contribution in [3.05, 3.63) is 53.9 Å². The lowest BCUT2D eigenvalue weighted by atomic mass is 10.1. The molecule has 0 aliphatic heterocycles. The van der Waals surface area contributed by atoms with Crippen molar-refractivity contribution in [1.29, 1.82) is 0 Å². The summed E-state index contributed by atoms with van der Waals surface area (Å²) < 4.78 is 11.1. The Morgan fingerprint density at radius 2 is 2.09 bits per heavy atom. The largest absolute Gasteiger partial charge is 0.508 e. The lowest BCUT2D eigenvalue weighted by molar-refractivity contribution is 0.401. The van der Waals surface area contributed by atoms with E-state index < -0.39 is 0 Å². The van der Waals surface area contributed by atoms with Crippen molar-refractivity contribution in [2.45, 2.75) is 24.1 Å². The van der Waals surface area contributed by atoms with E-state index >= 15 is 0 Å². The summed E-state index contributed by atoms with van der Waals surface area (Å²) in [7, 11) is 1.61. The van der Waals surface area contributed by atoms with Gasteiger partial charge in [0, 0.05) is 6.07 Å². The van der Waals surface area contributed by atoms with Gasteiger partial charge in [-0.3, -0.25) is 0 Å². The molecule has 0 saturated heterocycles. The second kappa shape index (κ2) is 7.04. The number of alkyl halides is 1. The quantitative estimate of drug-likeness (QED) is 0.615. The van der Waals surface area contributed by atoms with Gasteiger partial charge in [0.25, 0.3) is 0 Å². The van der Waals surface area contributed by atoms with Crippen molar-refractivity contribution >= 4 is 27.0 Å². The average molecular weight is 376 g/mol. The lowest BCUT2D eigenvalue weighted by Crippen LogP contribution is -1.95. The van der Waals surface area contributed by atoms with E-state index in [4.69, 9.17) is 9.15 Å². The summed E-state index contributed by atoms with van der Waals surface area (Å²) in [5, 5.41) is 9.49. The van der Waals surface area contributed by atoms with Crippen molar-refractivity contribution in [2.75, 3.05) is 7.11 Å². The topological polar surface area (TPSA) is 55.5 Å². The highest BCUT2D eigenvalue weighted by Crippen LogP contribution is 2.31. The Morgan fingerprint density at radius 3 is 2.87 bits per heavy atom. The van der Waals surface area contributed by atoms with E-state index in [0.29, 0.717) is 5.89 Å². The summed E-state index contributed by atoms with van der Waals surface area (Å²) in [6, 6.07) is 13.0. The Kier molecular flexibility index (Phi) is 4.86. The first-order valence-electron chi connectivity index (χ1n) is 7.53. The molecule has 1 unspecified atom stereocenters. The number of aryl methyl sites for hydroxylation is 1. The minimum absolute atomic E-state index is 0.0815. The van der Waals surface area contributed by atoms with Crippen LogP contribution < -0.4 is 4.74 Å². The van der Waals surface area contributed by atoms with Gasteiger partial charge in [-0.15, -0.1) is 0 Å². The highest BCUT2D eigenvalue weighted by molar-refractivity contribution is 9.09. The fourth-order valence-corrected chi connectivity index (χ4v) is 3.08. The minimum Gasteiger partial charge on any atom is -0.508 e. The molecule has 5 heteroatoms. The second-order valence-electron chi connectivity index (χ2n) is 5.38. The molecule has 0 aliphatic carbocycles. The number of rotatable bonds is 6. The number of halogens is 1. The summed E-state index contributed by atoms with van der Waals surface area (Å²) in [6.07, 6.45) is 2.72. The third-order valence-corrected chi connectivity index (χ3v) is 4.60. The van der Waals surface area contributed by atoms with E-state index in [2.05, 4.69) is 20.9 Å². The number of para-hydroxylation sites is 2. The smallest absolute Gasteiger partial charge is 0.209 e. The summed E-state index contributed by atoms with van der Waals surface area (Å²) in [4.78, 5) is 4.59. The number of hydrogen-bond acceptors (Lipinski definition) is 4. The van der Waals surface area contributed by atoms with Crippen LogP contribution in [0.1, 0.15) is 29.1 Å². The third-order valence-electron chi connectivity index (χ3n) is 3.75. The SMILES string of the molecule is COc1cc(O)ccc1CCCC(Br)c1nc2ccccc2o1. The molecule has 1 heterocycles. The maximum absolute atomic E-state index is 9.49. The van der Waals surface area contributed by atoms with Crippen molar-refractivity contribution in [2.24, 2.45) is 0 Å². The number of phenolic OH excluding ortho intramolecular Hbond substituents is 1. The van der Waals surface area contributed by atoms with Gasteiger partial charge in [0.15, 0.2) is 5.58 Å². The van der Waals surface area contributed by atoms with Gasteiger partial charge in [-0.05, 0) is 43.0 Å². The number of aromatic hydroxyl groups is 1. The van der Waals surface area contributed by atoms with Crippen molar-refractivity contribution in [1.82, 2.24) is 4.98 Å². The molecule has 120 valence electrons. The third kappa shape index (κ3) is 3.67. The zero-order chi connectivity index (χ0) is 16.2. The molecule has 3 aromatic rings. The number of methoxy groups -OCH3 is 1. The van der Waals surface area contributed by atoms with Gasteiger partial charge in [0.05, 0.1) is 11.9 Å². The fourth-order valence-electron chi connectivity index (χ4n) is 2.56. The second-order valence-corrected chi connectivity index (χ2v) is 6.48. The first-order chi connectivity index (χ1) is 11.2. The Labute approximate surface area is 143 Å². The molecule has 0 saturated carbocycles. The minimum atomic E-state index is 0.0815. The highest BCUT2D eigenvalue weighted by atomic mass is 79.9. The number of benzene rings is 2. The molecule has 0 radical (unpaired) electrons. The summed E-state index contributed by atoms with van der Waals surface area (Å²) in [5.74, 6) is 1.65. The number of nitrogens with zero attached hydrogens (tertiary/aromatic N) is 1. The molecule has 1 atom stereocenters. The van der Waals surface area contributed by atoms with Crippen LogP contribution in [-0.2, 0) is 6.42 Å². The predicted octanol–water partition coefficient (Wildman–Crippen LogP) is 5.00. The Morgan fingerprint density at radius 1 is 1.26 bits per heavy atom.